The average molecular weight is 730 g/mol. The second kappa shape index (κ2) is 15.1. The van der Waals surface area contributed by atoms with Crippen molar-refractivity contribution >= 4 is 34.8 Å². The number of carbonyl (C=O) groups excluding carboxylic acids is 2. The van der Waals surface area contributed by atoms with Crippen molar-refractivity contribution in [1.29, 1.82) is 0 Å². The summed E-state index contributed by atoms with van der Waals surface area (Å²) in [5.41, 5.74) is 14.5. The maximum Gasteiger partial charge on any atom is 0.260 e. The standard InChI is InChI=1S/C43H44ClN5O4/c44-32-12-17-36(42(51)49-26-30-8-2-1-7-29(30)23-34(49)28-46-19-21-53-22-20-46)37(24-32)41-25-38(40-11-5-6-18-47(40)41)43(52)48(33-13-15-35(50)16-14-33)27-31-9-3-4-10-39(31)45/h1-4,7-10,12-17,24-25,34,50H,5-6,11,18-23,26-28,45H2/t34-/m0/s1. The number of nitrogen functional groups attached to an aromatic ring is 1. The molecule has 5 aromatic rings. The van der Waals surface area contributed by atoms with Gasteiger partial charge in [0.15, 0.2) is 0 Å². The van der Waals surface area contributed by atoms with Gasteiger partial charge in [0.25, 0.3) is 11.8 Å². The van der Waals surface area contributed by atoms with Crippen molar-refractivity contribution in [3.8, 4) is 17.0 Å². The van der Waals surface area contributed by atoms with Gasteiger partial charge < -0.3 is 29.9 Å². The van der Waals surface area contributed by atoms with Gasteiger partial charge >= 0.3 is 0 Å². The number of phenols is 1. The molecule has 272 valence electrons. The Hall–Kier alpha value is -5.09. The van der Waals surface area contributed by atoms with E-state index in [0.29, 0.717) is 47.3 Å². The minimum Gasteiger partial charge on any atom is -0.508 e. The summed E-state index contributed by atoms with van der Waals surface area (Å²) in [6.45, 7) is 5.34. The lowest BCUT2D eigenvalue weighted by molar-refractivity contribution is 0.0193. The number of morpholine rings is 1. The van der Waals surface area contributed by atoms with Crippen LogP contribution < -0.4 is 10.6 Å². The number of aromatic hydroxyl groups is 1. The number of nitrogens with zero attached hydrogens (tertiary/aromatic N) is 4. The number of ether oxygens (including phenoxy) is 1. The number of aromatic nitrogens is 1. The molecule has 0 aliphatic carbocycles. The molecule has 0 radical (unpaired) electrons. The van der Waals surface area contributed by atoms with Crippen molar-refractivity contribution in [2.75, 3.05) is 43.5 Å². The summed E-state index contributed by atoms with van der Waals surface area (Å²) in [5, 5.41) is 10.6. The highest BCUT2D eigenvalue weighted by molar-refractivity contribution is 6.31. The number of benzene rings is 4. The first-order chi connectivity index (χ1) is 25.8. The number of para-hydroxylation sites is 1. The second-order valence-electron chi connectivity index (χ2n) is 14.3. The predicted octanol–water partition coefficient (Wildman–Crippen LogP) is 7.18. The number of hydrogen-bond donors (Lipinski definition) is 2. The molecule has 1 saturated heterocycles. The normalized spacial score (nSPS) is 17.2. The van der Waals surface area contributed by atoms with E-state index in [4.69, 9.17) is 22.1 Å². The molecule has 2 amide bonds. The molecule has 3 aliphatic rings. The van der Waals surface area contributed by atoms with Gasteiger partial charge in [-0.05, 0) is 97.0 Å². The minimum absolute atomic E-state index is 0.0123. The van der Waals surface area contributed by atoms with E-state index in [1.54, 1.807) is 35.2 Å². The molecule has 0 spiro atoms. The molecule has 1 aromatic heterocycles. The summed E-state index contributed by atoms with van der Waals surface area (Å²) in [5.74, 6) is -0.107. The quantitative estimate of drug-likeness (QED) is 0.164. The van der Waals surface area contributed by atoms with E-state index in [1.807, 2.05) is 53.4 Å². The first-order valence-corrected chi connectivity index (χ1v) is 18.9. The zero-order valence-electron chi connectivity index (χ0n) is 29.7. The monoisotopic (exact) mass is 729 g/mol. The first kappa shape index (κ1) is 35.0. The third-order valence-electron chi connectivity index (χ3n) is 11.0. The van der Waals surface area contributed by atoms with E-state index in [1.165, 1.54) is 5.56 Å². The van der Waals surface area contributed by atoms with Gasteiger partial charge in [-0.2, -0.15) is 0 Å². The molecule has 3 aliphatic heterocycles. The van der Waals surface area contributed by atoms with Crippen molar-refractivity contribution in [3.05, 3.63) is 136 Å². The molecule has 3 N–H and O–H groups in total. The fourth-order valence-corrected chi connectivity index (χ4v) is 8.30. The van der Waals surface area contributed by atoms with Crippen LogP contribution in [0.3, 0.4) is 0 Å². The van der Waals surface area contributed by atoms with Gasteiger partial charge in [0, 0.05) is 77.7 Å². The molecule has 4 aromatic carbocycles. The van der Waals surface area contributed by atoms with Crippen LogP contribution in [0.15, 0.2) is 97.1 Å². The molecule has 0 saturated carbocycles. The number of anilines is 2. The molecule has 10 heteroatoms. The summed E-state index contributed by atoms with van der Waals surface area (Å²) in [7, 11) is 0. The van der Waals surface area contributed by atoms with Crippen molar-refractivity contribution < 1.29 is 19.4 Å². The van der Waals surface area contributed by atoms with E-state index in [-0.39, 0.29) is 30.2 Å². The summed E-state index contributed by atoms with van der Waals surface area (Å²) in [6, 6.07) is 30.0. The van der Waals surface area contributed by atoms with Gasteiger partial charge in [0.2, 0.25) is 0 Å². The lowest BCUT2D eigenvalue weighted by atomic mass is 9.92. The molecule has 8 rings (SSSR count). The van der Waals surface area contributed by atoms with E-state index in [9.17, 15) is 14.7 Å². The molecular formula is C43H44ClN5O4. The molecule has 0 unspecified atom stereocenters. The van der Waals surface area contributed by atoms with Crippen molar-refractivity contribution in [1.82, 2.24) is 14.4 Å². The van der Waals surface area contributed by atoms with Crippen LogP contribution in [0.4, 0.5) is 11.4 Å². The Morgan fingerprint density at radius 2 is 1.62 bits per heavy atom. The average Bonchev–Trinajstić information content (AvgIpc) is 3.57. The van der Waals surface area contributed by atoms with Gasteiger partial charge in [-0.1, -0.05) is 54.1 Å². The van der Waals surface area contributed by atoms with Crippen LogP contribution in [0.2, 0.25) is 5.02 Å². The van der Waals surface area contributed by atoms with E-state index in [0.717, 1.165) is 79.9 Å². The summed E-state index contributed by atoms with van der Waals surface area (Å²) < 4.78 is 7.84. The molecule has 53 heavy (non-hydrogen) atoms. The maximum absolute atomic E-state index is 15.0. The fourth-order valence-electron chi connectivity index (χ4n) is 8.13. The Kier molecular flexibility index (Phi) is 9.96. The van der Waals surface area contributed by atoms with Gasteiger partial charge in [-0.25, -0.2) is 0 Å². The highest BCUT2D eigenvalue weighted by atomic mass is 35.5. The van der Waals surface area contributed by atoms with Crippen LogP contribution in [0, 0.1) is 0 Å². The van der Waals surface area contributed by atoms with Crippen molar-refractivity contribution in [3.63, 3.8) is 0 Å². The fraction of sp³-hybridized carbons (Fsp3) is 0.302. The Morgan fingerprint density at radius 1 is 0.868 bits per heavy atom. The van der Waals surface area contributed by atoms with Gasteiger partial charge in [0.1, 0.15) is 5.75 Å². The Bertz CT molecular complexity index is 2140. The third-order valence-corrected chi connectivity index (χ3v) is 11.2. The highest BCUT2D eigenvalue weighted by Gasteiger charge is 2.35. The summed E-state index contributed by atoms with van der Waals surface area (Å²) in [4.78, 5) is 35.9. The molecule has 1 atom stereocenters. The number of fused-ring (bicyclic) bond motifs is 2. The third kappa shape index (κ3) is 7.17. The van der Waals surface area contributed by atoms with Crippen LogP contribution >= 0.6 is 11.6 Å². The number of carbonyl (C=O) groups is 2. The van der Waals surface area contributed by atoms with Gasteiger partial charge in [-0.15, -0.1) is 0 Å². The van der Waals surface area contributed by atoms with E-state index in [2.05, 4.69) is 27.7 Å². The lowest BCUT2D eigenvalue weighted by Crippen LogP contribution is -2.52. The first-order valence-electron chi connectivity index (χ1n) is 18.5. The lowest BCUT2D eigenvalue weighted by Gasteiger charge is -2.40. The summed E-state index contributed by atoms with van der Waals surface area (Å²) in [6.07, 6.45) is 3.41. The van der Waals surface area contributed by atoms with Crippen LogP contribution in [-0.4, -0.2) is 70.2 Å². The van der Waals surface area contributed by atoms with Crippen LogP contribution in [-0.2, 0) is 37.2 Å². The maximum atomic E-state index is 15.0. The topological polar surface area (TPSA) is 104 Å². The van der Waals surface area contributed by atoms with E-state index >= 15 is 0 Å². The smallest absolute Gasteiger partial charge is 0.260 e. The molecule has 4 heterocycles. The van der Waals surface area contributed by atoms with Crippen molar-refractivity contribution in [2.45, 2.75) is 51.4 Å². The Balaban J connectivity index is 1.19. The van der Waals surface area contributed by atoms with E-state index < -0.39 is 0 Å². The van der Waals surface area contributed by atoms with Crippen LogP contribution in [0.25, 0.3) is 11.3 Å². The second-order valence-corrected chi connectivity index (χ2v) is 14.7. The molecular weight excluding hydrogens is 686 g/mol. The Labute approximate surface area is 315 Å². The number of nitrogens with two attached hydrogens (primary N) is 1. The van der Waals surface area contributed by atoms with Crippen molar-refractivity contribution in [2.24, 2.45) is 0 Å². The van der Waals surface area contributed by atoms with Crippen LogP contribution in [0.5, 0.6) is 5.75 Å². The SMILES string of the molecule is Nc1ccccc1CN(C(=O)c1cc(-c2cc(Cl)ccc2C(=O)N2Cc3ccccc3C[C@H]2CN2CCOCC2)n2c1CCCC2)c1ccc(O)cc1. The Morgan fingerprint density at radius 3 is 2.42 bits per heavy atom. The summed E-state index contributed by atoms with van der Waals surface area (Å²) >= 11 is 6.72. The number of amides is 2. The van der Waals surface area contributed by atoms with Gasteiger partial charge in [0.05, 0.1) is 25.3 Å². The predicted molar refractivity (Wildman–Crippen MR) is 208 cm³/mol. The number of hydrogen-bond acceptors (Lipinski definition) is 6. The minimum atomic E-state index is -0.177. The number of halogens is 1. The zero-order chi connectivity index (χ0) is 36.5. The number of rotatable bonds is 8. The molecule has 0 bridgehead atoms. The highest BCUT2D eigenvalue weighted by Crippen LogP contribution is 2.37. The van der Waals surface area contributed by atoms with Gasteiger partial charge in [-0.3, -0.25) is 14.5 Å². The number of phenolic OH excluding ortho intramolecular Hbond substituents is 1. The van der Waals surface area contributed by atoms with Crippen LogP contribution in [0.1, 0.15) is 55.9 Å². The largest absolute Gasteiger partial charge is 0.508 e. The molecule has 9 nitrogen and oxygen atoms in total. The zero-order valence-corrected chi connectivity index (χ0v) is 30.5. The molecule has 1 fully saturated rings.